The molecule has 1 aromatic rings. The maximum absolute atomic E-state index is 8.44. The van der Waals surface area contributed by atoms with Crippen molar-refractivity contribution in [2.45, 2.75) is 13.8 Å². The van der Waals surface area contributed by atoms with E-state index in [-0.39, 0.29) is 0 Å². The van der Waals surface area contributed by atoms with Crippen LogP contribution in [0.15, 0.2) is 24.3 Å². The number of aryl methyl sites for hydroxylation is 2. The summed E-state index contributed by atoms with van der Waals surface area (Å²) < 4.78 is 0. The molecule has 0 aliphatic carbocycles. The van der Waals surface area contributed by atoms with Crippen molar-refractivity contribution in [1.29, 1.82) is 5.26 Å². The molecule has 0 heterocycles. The van der Waals surface area contributed by atoms with E-state index in [1.54, 1.807) is 0 Å². The van der Waals surface area contributed by atoms with Crippen LogP contribution in [-0.4, -0.2) is 0 Å². The lowest BCUT2D eigenvalue weighted by Gasteiger charge is -2.05. The largest absolute Gasteiger partial charge is 0.398 e. The van der Waals surface area contributed by atoms with Crippen molar-refractivity contribution in [2.24, 2.45) is 5.73 Å². The molecule has 66 valence electrons. The molecule has 1 rings (SSSR count). The van der Waals surface area contributed by atoms with Crippen molar-refractivity contribution in [3.8, 4) is 6.07 Å². The molecule has 0 atom stereocenters. The molecule has 0 saturated heterocycles. The Labute approximate surface area is 78.3 Å². The van der Waals surface area contributed by atoms with Gasteiger partial charge in [0.2, 0.25) is 0 Å². The van der Waals surface area contributed by atoms with Crippen molar-refractivity contribution in [1.82, 2.24) is 0 Å². The quantitative estimate of drug-likeness (QED) is 0.660. The van der Waals surface area contributed by atoms with E-state index in [2.05, 4.69) is 0 Å². The Bertz CT molecular complexity index is 384. The van der Waals surface area contributed by atoms with Crippen LogP contribution in [0, 0.1) is 25.2 Å². The minimum Gasteiger partial charge on any atom is -0.398 e. The molecule has 0 radical (unpaired) electrons. The number of hydrogen-bond acceptors (Lipinski definition) is 2. The van der Waals surface area contributed by atoms with Crippen LogP contribution in [0.1, 0.15) is 16.7 Å². The third kappa shape index (κ3) is 2.09. The monoisotopic (exact) mass is 172 g/mol. The first-order valence-corrected chi connectivity index (χ1v) is 4.08. The van der Waals surface area contributed by atoms with E-state index in [0.717, 1.165) is 11.1 Å². The van der Waals surface area contributed by atoms with Gasteiger partial charge in [0.05, 0.1) is 6.07 Å². The molecule has 0 aromatic heterocycles. The van der Waals surface area contributed by atoms with Gasteiger partial charge in [-0.25, -0.2) is 0 Å². The number of nitriles is 1. The highest BCUT2D eigenvalue weighted by molar-refractivity contribution is 5.67. The van der Waals surface area contributed by atoms with Gasteiger partial charge >= 0.3 is 0 Å². The highest BCUT2D eigenvalue weighted by atomic mass is 14.6. The van der Waals surface area contributed by atoms with Gasteiger partial charge in [-0.2, -0.15) is 5.26 Å². The topological polar surface area (TPSA) is 49.8 Å². The lowest BCUT2D eigenvalue weighted by Crippen LogP contribution is -1.98. The predicted octanol–water partition coefficient (Wildman–Crippen LogP) is 2.13. The molecule has 0 spiro atoms. The van der Waals surface area contributed by atoms with Gasteiger partial charge in [0.25, 0.3) is 0 Å². The molecular formula is C11H12N2. The van der Waals surface area contributed by atoms with Crippen LogP contribution in [0.4, 0.5) is 0 Å². The second-order valence-electron chi connectivity index (χ2n) is 3.05. The minimum atomic E-state index is 0.528. The van der Waals surface area contributed by atoms with E-state index in [1.807, 2.05) is 38.1 Å². The summed E-state index contributed by atoms with van der Waals surface area (Å²) in [6.07, 6.45) is 1.36. The molecule has 2 N–H and O–H groups in total. The summed E-state index contributed by atoms with van der Waals surface area (Å²) in [6.45, 7) is 4.02. The van der Waals surface area contributed by atoms with Gasteiger partial charge in [0.1, 0.15) is 0 Å². The van der Waals surface area contributed by atoms with Gasteiger partial charge in [-0.1, -0.05) is 23.8 Å². The maximum Gasteiger partial charge on any atom is 0.0933 e. The molecule has 0 aliphatic rings. The molecule has 0 bridgehead atoms. The van der Waals surface area contributed by atoms with Gasteiger partial charge in [0.15, 0.2) is 0 Å². The SMILES string of the molecule is Cc1ccc(/C(N)=C/C#N)c(C)c1. The van der Waals surface area contributed by atoms with Crippen LogP contribution >= 0.6 is 0 Å². The van der Waals surface area contributed by atoms with E-state index in [1.165, 1.54) is 11.6 Å². The second kappa shape index (κ2) is 3.77. The van der Waals surface area contributed by atoms with Gasteiger partial charge < -0.3 is 5.73 Å². The summed E-state index contributed by atoms with van der Waals surface area (Å²) in [4.78, 5) is 0. The van der Waals surface area contributed by atoms with Gasteiger partial charge in [-0.15, -0.1) is 0 Å². The number of hydrogen-bond donors (Lipinski definition) is 1. The summed E-state index contributed by atoms with van der Waals surface area (Å²) in [5.41, 5.74) is 9.46. The lowest BCUT2D eigenvalue weighted by molar-refractivity contribution is 1.34. The fourth-order valence-electron chi connectivity index (χ4n) is 1.28. The molecular weight excluding hydrogens is 160 g/mol. The Morgan fingerprint density at radius 3 is 2.69 bits per heavy atom. The van der Waals surface area contributed by atoms with E-state index in [9.17, 15) is 0 Å². The fourth-order valence-corrected chi connectivity index (χ4v) is 1.28. The van der Waals surface area contributed by atoms with Crippen LogP contribution < -0.4 is 5.73 Å². The predicted molar refractivity (Wildman–Crippen MR) is 53.7 cm³/mol. The first-order chi connectivity index (χ1) is 6.15. The molecule has 0 amide bonds. The Balaban J connectivity index is 3.18. The average molecular weight is 172 g/mol. The zero-order valence-electron chi connectivity index (χ0n) is 7.83. The standard InChI is InChI=1S/C11H12N2/c1-8-3-4-10(9(2)7-8)11(13)5-6-12/h3-5,7H,13H2,1-2H3/b11-5-. The van der Waals surface area contributed by atoms with E-state index in [0.29, 0.717) is 5.70 Å². The van der Waals surface area contributed by atoms with Crippen LogP contribution in [0.3, 0.4) is 0 Å². The molecule has 13 heavy (non-hydrogen) atoms. The number of rotatable bonds is 1. The Morgan fingerprint density at radius 1 is 1.46 bits per heavy atom. The van der Waals surface area contributed by atoms with Crippen LogP contribution in [0.5, 0.6) is 0 Å². The van der Waals surface area contributed by atoms with Crippen molar-refractivity contribution in [3.63, 3.8) is 0 Å². The zero-order valence-corrected chi connectivity index (χ0v) is 7.83. The van der Waals surface area contributed by atoms with Gasteiger partial charge in [0, 0.05) is 17.3 Å². The summed E-state index contributed by atoms with van der Waals surface area (Å²) in [6, 6.07) is 7.89. The van der Waals surface area contributed by atoms with Crippen LogP contribution in [0.2, 0.25) is 0 Å². The summed E-state index contributed by atoms with van der Waals surface area (Å²) >= 11 is 0. The van der Waals surface area contributed by atoms with Crippen molar-refractivity contribution in [3.05, 3.63) is 41.0 Å². The average Bonchev–Trinajstić information content (AvgIpc) is 2.04. The fraction of sp³-hybridized carbons (Fsp3) is 0.182. The first kappa shape index (κ1) is 9.34. The first-order valence-electron chi connectivity index (χ1n) is 4.08. The number of benzene rings is 1. The van der Waals surface area contributed by atoms with Gasteiger partial charge in [-0.3, -0.25) is 0 Å². The molecule has 1 aromatic carbocycles. The summed E-state index contributed by atoms with van der Waals surface area (Å²) in [5, 5.41) is 8.44. The van der Waals surface area contributed by atoms with E-state index in [4.69, 9.17) is 11.0 Å². The van der Waals surface area contributed by atoms with Crippen molar-refractivity contribution in [2.75, 3.05) is 0 Å². The number of nitrogens with two attached hydrogens (primary N) is 1. The second-order valence-corrected chi connectivity index (χ2v) is 3.05. The Hall–Kier alpha value is -1.75. The highest BCUT2D eigenvalue weighted by Crippen LogP contribution is 2.15. The lowest BCUT2D eigenvalue weighted by atomic mass is 10.0. The third-order valence-electron chi connectivity index (χ3n) is 1.91. The van der Waals surface area contributed by atoms with E-state index >= 15 is 0 Å². The van der Waals surface area contributed by atoms with Crippen molar-refractivity contribution >= 4 is 5.70 Å². The number of allylic oxidation sites excluding steroid dienone is 1. The Morgan fingerprint density at radius 2 is 2.15 bits per heavy atom. The normalized spacial score (nSPS) is 11.0. The molecule has 0 aliphatic heterocycles. The van der Waals surface area contributed by atoms with Crippen LogP contribution in [0.25, 0.3) is 5.70 Å². The molecule has 0 fully saturated rings. The zero-order chi connectivity index (χ0) is 9.84. The highest BCUT2D eigenvalue weighted by Gasteiger charge is 2.00. The smallest absolute Gasteiger partial charge is 0.0933 e. The summed E-state index contributed by atoms with van der Waals surface area (Å²) in [7, 11) is 0. The summed E-state index contributed by atoms with van der Waals surface area (Å²) in [5.74, 6) is 0. The Kier molecular flexibility index (Phi) is 2.71. The third-order valence-corrected chi connectivity index (χ3v) is 1.91. The minimum absolute atomic E-state index is 0.528. The van der Waals surface area contributed by atoms with Crippen LogP contribution in [-0.2, 0) is 0 Å². The molecule has 0 unspecified atom stereocenters. The van der Waals surface area contributed by atoms with E-state index < -0.39 is 0 Å². The van der Waals surface area contributed by atoms with Crippen molar-refractivity contribution < 1.29 is 0 Å². The number of nitrogens with zero attached hydrogens (tertiary/aromatic N) is 1. The van der Waals surface area contributed by atoms with Gasteiger partial charge in [-0.05, 0) is 19.4 Å². The molecule has 2 heteroatoms. The molecule has 0 saturated carbocycles. The maximum atomic E-state index is 8.44. The molecule has 2 nitrogen and oxygen atoms in total.